The lowest BCUT2D eigenvalue weighted by Gasteiger charge is -2.29. The van der Waals surface area contributed by atoms with Gasteiger partial charge in [-0.05, 0) is 50.1 Å². The van der Waals surface area contributed by atoms with Crippen molar-refractivity contribution in [2.24, 2.45) is 0 Å². The average molecular weight is 437 g/mol. The number of carbonyl (C=O) groups excluding carboxylic acids is 3. The van der Waals surface area contributed by atoms with Gasteiger partial charge in [0.2, 0.25) is 17.7 Å². The summed E-state index contributed by atoms with van der Waals surface area (Å²) in [6.07, 6.45) is 0.218. The number of hydrogen-bond acceptors (Lipinski definition) is 4. The molecule has 32 heavy (non-hydrogen) atoms. The second-order valence-electron chi connectivity index (χ2n) is 8.80. The van der Waals surface area contributed by atoms with E-state index in [9.17, 15) is 14.4 Å². The third kappa shape index (κ3) is 5.34. The fraction of sp³-hybridized carbons (Fsp3) is 0.400. The van der Waals surface area contributed by atoms with Crippen molar-refractivity contribution in [3.63, 3.8) is 0 Å². The second kappa shape index (κ2) is 9.96. The highest BCUT2D eigenvalue weighted by Gasteiger charge is 2.30. The molecule has 0 radical (unpaired) electrons. The standard InChI is InChI=1S/C25H32N4O3/c1-16(2)19-10-8-9-17(3)25(19)27-23(31)14-28(5)15-24(32)29-18(4)13-22(30)26-20-11-6-7-12-21(20)29/h6-12,16,18H,13-15H2,1-5H3,(H,26,30)(H,27,31)/t18-/m0/s1. The van der Waals surface area contributed by atoms with Gasteiger partial charge in [-0.25, -0.2) is 0 Å². The van der Waals surface area contributed by atoms with Crippen LogP contribution in [0.25, 0.3) is 0 Å². The Labute approximate surface area is 189 Å². The average Bonchev–Trinajstić information content (AvgIpc) is 2.83. The minimum Gasteiger partial charge on any atom is -0.324 e. The SMILES string of the molecule is Cc1cccc(C(C)C)c1NC(=O)CN(C)CC(=O)N1c2ccccc2NC(=O)C[C@@H]1C. The van der Waals surface area contributed by atoms with Gasteiger partial charge >= 0.3 is 0 Å². The van der Waals surface area contributed by atoms with Crippen molar-refractivity contribution < 1.29 is 14.4 Å². The lowest BCUT2D eigenvalue weighted by molar-refractivity contribution is -0.121. The van der Waals surface area contributed by atoms with Crippen LogP contribution in [0, 0.1) is 6.92 Å². The largest absolute Gasteiger partial charge is 0.324 e. The summed E-state index contributed by atoms with van der Waals surface area (Å²) >= 11 is 0. The number of likely N-dealkylation sites (N-methyl/N-ethyl adjacent to an activating group) is 1. The van der Waals surface area contributed by atoms with Gasteiger partial charge in [0, 0.05) is 18.2 Å². The molecule has 1 aliphatic rings. The maximum Gasteiger partial charge on any atom is 0.241 e. The van der Waals surface area contributed by atoms with E-state index in [4.69, 9.17) is 0 Å². The molecule has 0 saturated heterocycles. The molecule has 0 aromatic heterocycles. The van der Waals surface area contributed by atoms with Crippen molar-refractivity contribution in [2.45, 2.75) is 46.1 Å². The molecule has 2 aromatic carbocycles. The van der Waals surface area contributed by atoms with Crippen molar-refractivity contribution in [3.05, 3.63) is 53.6 Å². The maximum absolute atomic E-state index is 13.2. The summed E-state index contributed by atoms with van der Waals surface area (Å²) in [5.41, 5.74) is 4.23. The molecular formula is C25H32N4O3. The Balaban J connectivity index is 1.69. The number of anilines is 3. The molecule has 3 rings (SSSR count). The minimum atomic E-state index is -0.283. The Morgan fingerprint density at radius 3 is 2.59 bits per heavy atom. The van der Waals surface area contributed by atoms with E-state index in [1.165, 1.54) is 0 Å². The predicted molar refractivity (Wildman–Crippen MR) is 128 cm³/mol. The van der Waals surface area contributed by atoms with Crippen molar-refractivity contribution in [1.29, 1.82) is 0 Å². The van der Waals surface area contributed by atoms with E-state index in [1.807, 2.05) is 50.2 Å². The van der Waals surface area contributed by atoms with Gasteiger partial charge in [-0.3, -0.25) is 19.3 Å². The van der Waals surface area contributed by atoms with Gasteiger partial charge in [0.1, 0.15) is 0 Å². The quantitative estimate of drug-likeness (QED) is 0.723. The molecule has 0 fully saturated rings. The Morgan fingerprint density at radius 1 is 1.16 bits per heavy atom. The van der Waals surface area contributed by atoms with E-state index < -0.39 is 0 Å². The van der Waals surface area contributed by atoms with E-state index in [1.54, 1.807) is 22.9 Å². The first-order chi connectivity index (χ1) is 15.2. The smallest absolute Gasteiger partial charge is 0.241 e. The number of fused-ring (bicyclic) bond motifs is 1. The molecule has 1 aliphatic heterocycles. The molecule has 0 bridgehead atoms. The van der Waals surface area contributed by atoms with Crippen LogP contribution in [0.1, 0.15) is 44.2 Å². The van der Waals surface area contributed by atoms with Gasteiger partial charge in [-0.1, -0.05) is 44.2 Å². The number of amides is 3. The number of nitrogens with one attached hydrogen (secondary N) is 2. The van der Waals surface area contributed by atoms with Gasteiger partial charge in [0.25, 0.3) is 0 Å². The molecule has 0 spiro atoms. The molecule has 0 aliphatic carbocycles. The number of benzene rings is 2. The summed E-state index contributed by atoms with van der Waals surface area (Å²) in [4.78, 5) is 41.4. The number of para-hydroxylation sites is 3. The predicted octanol–water partition coefficient (Wildman–Crippen LogP) is 3.75. The monoisotopic (exact) mass is 436 g/mol. The molecule has 1 atom stereocenters. The summed E-state index contributed by atoms with van der Waals surface area (Å²) in [6, 6.07) is 13.0. The Hall–Kier alpha value is -3.19. The van der Waals surface area contributed by atoms with E-state index in [-0.39, 0.29) is 49.2 Å². The molecule has 2 aromatic rings. The van der Waals surface area contributed by atoms with Crippen LogP contribution in [-0.4, -0.2) is 48.8 Å². The van der Waals surface area contributed by atoms with Crippen LogP contribution in [-0.2, 0) is 14.4 Å². The van der Waals surface area contributed by atoms with Gasteiger partial charge in [0.05, 0.1) is 24.5 Å². The normalized spacial score (nSPS) is 15.9. The first kappa shape index (κ1) is 23.5. The zero-order valence-corrected chi connectivity index (χ0v) is 19.4. The second-order valence-corrected chi connectivity index (χ2v) is 8.80. The van der Waals surface area contributed by atoms with Crippen molar-refractivity contribution in [3.8, 4) is 0 Å². The lowest BCUT2D eigenvalue weighted by atomic mass is 9.98. The lowest BCUT2D eigenvalue weighted by Crippen LogP contribution is -2.45. The van der Waals surface area contributed by atoms with Crippen LogP contribution in [0.3, 0.4) is 0 Å². The summed E-state index contributed by atoms with van der Waals surface area (Å²) < 4.78 is 0. The van der Waals surface area contributed by atoms with Gasteiger partial charge in [0.15, 0.2) is 0 Å². The Bertz CT molecular complexity index is 1020. The minimum absolute atomic E-state index is 0.0606. The Morgan fingerprint density at radius 2 is 1.88 bits per heavy atom. The van der Waals surface area contributed by atoms with Crippen LogP contribution in [0.15, 0.2) is 42.5 Å². The van der Waals surface area contributed by atoms with Crippen LogP contribution in [0.5, 0.6) is 0 Å². The van der Waals surface area contributed by atoms with E-state index >= 15 is 0 Å². The van der Waals surface area contributed by atoms with E-state index in [0.29, 0.717) is 11.4 Å². The highest BCUT2D eigenvalue weighted by atomic mass is 16.2. The molecule has 7 heteroatoms. The number of hydrogen-bond donors (Lipinski definition) is 2. The van der Waals surface area contributed by atoms with Crippen molar-refractivity contribution >= 4 is 34.8 Å². The number of aryl methyl sites for hydroxylation is 1. The molecule has 7 nitrogen and oxygen atoms in total. The topological polar surface area (TPSA) is 81.8 Å². The van der Waals surface area contributed by atoms with Crippen LogP contribution >= 0.6 is 0 Å². The van der Waals surface area contributed by atoms with E-state index in [0.717, 1.165) is 16.8 Å². The highest BCUT2D eigenvalue weighted by Crippen LogP contribution is 2.31. The summed E-state index contributed by atoms with van der Waals surface area (Å²) in [6.45, 7) is 8.16. The number of rotatable bonds is 6. The van der Waals surface area contributed by atoms with Crippen LogP contribution in [0.2, 0.25) is 0 Å². The van der Waals surface area contributed by atoms with Gasteiger partial charge < -0.3 is 15.5 Å². The van der Waals surface area contributed by atoms with Crippen molar-refractivity contribution in [1.82, 2.24) is 4.90 Å². The zero-order chi connectivity index (χ0) is 23.4. The first-order valence-electron chi connectivity index (χ1n) is 11.0. The zero-order valence-electron chi connectivity index (χ0n) is 19.4. The maximum atomic E-state index is 13.2. The Kier molecular flexibility index (Phi) is 7.30. The third-order valence-corrected chi connectivity index (χ3v) is 5.64. The molecule has 0 saturated carbocycles. The first-order valence-corrected chi connectivity index (χ1v) is 11.0. The molecule has 1 heterocycles. The summed E-state index contributed by atoms with van der Waals surface area (Å²) in [7, 11) is 1.75. The fourth-order valence-electron chi connectivity index (χ4n) is 4.10. The molecule has 3 amide bonds. The molecule has 0 unspecified atom stereocenters. The van der Waals surface area contributed by atoms with Crippen LogP contribution in [0.4, 0.5) is 17.1 Å². The molecule has 170 valence electrons. The fourth-order valence-corrected chi connectivity index (χ4v) is 4.10. The molecule has 2 N–H and O–H groups in total. The van der Waals surface area contributed by atoms with Gasteiger partial charge in [-0.2, -0.15) is 0 Å². The van der Waals surface area contributed by atoms with Crippen molar-refractivity contribution in [2.75, 3.05) is 35.7 Å². The highest BCUT2D eigenvalue weighted by molar-refractivity contribution is 6.05. The van der Waals surface area contributed by atoms with Crippen LogP contribution < -0.4 is 15.5 Å². The molecular weight excluding hydrogens is 404 g/mol. The summed E-state index contributed by atoms with van der Waals surface area (Å²) in [5.74, 6) is -0.161. The number of carbonyl (C=O) groups is 3. The number of nitrogens with zero attached hydrogens (tertiary/aromatic N) is 2. The summed E-state index contributed by atoms with van der Waals surface area (Å²) in [5, 5.41) is 5.88. The third-order valence-electron chi connectivity index (χ3n) is 5.64. The van der Waals surface area contributed by atoms with E-state index in [2.05, 4.69) is 24.5 Å². The van der Waals surface area contributed by atoms with Gasteiger partial charge in [-0.15, -0.1) is 0 Å².